The molecule has 1 heterocycles. The molecule has 1 unspecified atom stereocenters. The van der Waals surface area contributed by atoms with Crippen LogP contribution < -0.4 is 15.4 Å². The van der Waals surface area contributed by atoms with Crippen LogP contribution in [-0.4, -0.2) is 45.4 Å². The molecule has 1 aromatic rings. The molecule has 25 heavy (non-hydrogen) atoms. The molecule has 2 N–H and O–H groups in total. The Kier molecular flexibility index (Phi) is 7.56. The molecule has 5 heteroatoms. The van der Waals surface area contributed by atoms with Crippen molar-refractivity contribution in [1.82, 2.24) is 10.6 Å². The van der Waals surface area contributed by atoms with E-state index in [0.29, 0.717) is 6.04 Å². The maximum absolute atomic E-state index is 5.62. The molecule has 1 aliphatic heterocycles. The highest BCUT2D eigenvalue weighted by molar-refractivity contribution is 5.80. The van der Waals surface area contributed by atoms with Crippen LogP contribution in [-0.2, 0) is 10.2 Å². The van der Waals surface area contributed by atoms with Gasteiger partial charge in [-0.1, -0.05) is 19.1 Å². The van der Waals surface area contributed by atoms with Crippen molar-refractivity contribution in [2.45, 2.75) is 51.5 Å². The molecule has 1 aliphatic rings. The van der Waals surface area contributed by atoms with Gasteiger partial charge in [0.1, 0.15) is 5.75 Å². The van der Waals surface area contributed by atoms with Gasteiger partial charge in [-0.25, -0.2) is 0 Å². The molecule has 0 aromatic heterocycles. The molecule has 5 nitrogen and oxygen atoms in total. The normalized spacial score (nSPS) is 18.5. The van der Waals surface area contributed by atoms with Gasteiger partial charge < -0.3 is 20.1 Å². The minimum absolute atomic E-state index is 0.0301. The Labute approximate surface area is 152 Å². The van der Waals surface area contributed by atoms with Crippen LogP contribution in [0.25, 0.3) is 0 Å². The van der Waals surface area contributed by atoms with Gasteiger partial charge in [0.2, 0.25) is 0 Å². The molecule has 2 rings (SSSR count). The molecule has 0 amide bonds. The van der Waals surface area contributed by atoms with Crippen LogP contribution in [0.2, 0.25) is 0 Å². The average molecular weight is 348 g/mol. The number of ether oxygens (including phenoxy) is 2. The second-order valence-corrected chi connectivity index (χ2v) is 6.77. The van der Waals surface area contributed by atoms with E-state index in [9.17, 15) is 0 Å². The Morgan fingerprint density at radius 3 is 2.48 bits per heavy atom. The second kappa shape index (κ2) is 9.66. The number of aliphatic imine (C=N–C) groups is 1. The lowest BCUT2D eigenvalue weighted by Gasteiger charge is -2.37. The van der Waals surface area contributed by atoms with Gasteiger partial charge in [0.15, 0.2) is 5.96 Å². The topological polar surface area (TPSA) is 54.9 Å². The van der Waals surface area contributed by atoms with Crippen molar-refractivity contribution in [3.05, 3.63) is 29.8 Å². The van der Waals surface area contributed by atoms with E-state index in [1.807, 2.05) is 12.1 Å². The third-order valence-corrected chi connectivity index (χ3v) is 5.03. The SMILES string of the molecule is CCNC(=NCC1(c2ccc(OC)cc2)CCOCC1)NC(C)CC. The lowest BCUT2D eigenvalue weighted by atomic mass is 9.74. The summed E-state index contributed by atoms with van der Waals surface area (Å²) in [5.41, 5.74) is 1.35. The number of methoxy groups -OCH3 is 1. The van der Waals surface area contributed by atoms with Crippen molar-refractivity contribution in [2.75, 3.05) is 33.4 Å². The van der Waals surface area contributed by atoms with Crippen LogP contribution in [0.3, 0.4) is 0 Å². The standard InChI is InChI=1S/C20H33N3O2/c1-5-16(3)23-19(21-6-2)22-15-20(11-13-25-14-12-20)17-7-9-18(24-4)10-8-17/h7-10,16H,5-6,11-15H2,1-4H3,(H2,21,22,23). The highest BCUT2D eigenvalue weighted by Gasteiger charge is 2.34. The quantitative estimate of drug-likeness (QED) is 0.588. The summed E-state index contributed by atoms with van der Waals surface area (Å²) in [6.07, 6.45) is 3.05. The fraction of sp³-hybridized carbons (Fsp3) is 0.650. The Morgan fingerprint density at radius 2 is 1.92 bits per heavy atom. The van der Waals surface area contributed by atoms with E-state index >= 15 is 0 Å². The van der Waals surface area contributed by atoms with Crippen LogP contribution in [0, 0.1) is 0 Å². The van der Waals surface area contributed by atoms with Gasteiger partial charge in [-0.15, -0.1) is 0 Å². The molecule has 0 saturated carbocycles. The maximum Gasteiger partial charge on any atom is 0.191 e. The van der Waals surface area contributed by atoms with Gasteiger partial charge in [-0.3, -0.25) is 4.99 Å². The summed E-state index contributed by atoms with van der Waals surface area (Å²) in [5, 5.41) is 6.84. The maximum atomic E-state index is 5.62. The second-order valence-electron chi connectivity index (χ2n) is 6.77. The lowest BCUT2D eigenvalue weighted by Crippen LogP contribution is -2.44. The number of hydrogen-bond donors (Lipinski definition) is 2. The largest absolute Gasteiger partial charge is 0.497 e. The van der Waals surface area contributed by atoms with E-state index in [1.54, 1.807) is 7.11 Å². The van der Waals surface area contributed by atoms with Crippen LogP contribution in [0.1, 0.15) is 45.6 Å². The molecule has 0 spiro atoms. The number of nitrogens with one attached hydrogen (secondary N) is 2. The predicted molar refractivity (Wildman–Crippen MR) is 104 cm³/mol. The average Bonchev–Trinajstić information content (AvgIpc) is 2.67. The fourth-order valence-corrected chi connectivity index (χ4v) is 3.13. The summed E-state index contributed by atoms with van der Waals surface area (Å²) in [5.74, 6) is 1.79. The summed E-state index contributed by atoms with van der Waals surface area (Å²) in [4.78, 5) is 4.92. The zero-order valence-corrected chi connectivity index (χ0v) is 16.1. The number of guanidine groups is 1. The van der Waals surface area contributed by atoms with Crippen molar-refractivity contribution >= 4 is 5.96 Å². The molecule has 140 valence electrons. The predicted octanol–water partition coefficient (Wildman–Crippen LogP) is 3.10. The number of rotatable bonds is 7. The van der Waals surface area contributed by atoms with Gasteiger partial charge in [-0.05, 0) is 50.8 Å². The van der Waals surface area contributed by atoms with Crippen LogP contribution >= 0.6 is 0 Å². The first kappa shape index (κ1) is 19.6. The first-order valence-corrected chi connectivity index (χ1v) is 9.40. The monoisotopic (exact) mass is 347 g/mol. The summed E-state index contributed by atoms with van der Waals surface area (Å²) in [6.45, 7) is 9.66. The number of nitrogens with zero attached hydrogens (tertiary/aromatic N) is 1. The fourth-order valence-electron chi connectivity index (χ4n) is 3.13. The molecular weight excluding hydrogens is 314 g/mol. The van der Waals surface area contributed by atoms with E-state index in [4.69, 9.17) is 14.5 Å². The molecule has 0 bridgehead atoms. The van der Waals surface area contributed by atoms with Crippen molar-refractivity contribution < 1.29 is 9.47 Å². The van der Waals surface area contributed by atoms with E-state index in [2.05, 4.69) is 43.5 Å². The smallest absolute Gasteiger partial charge is 0.191 e. The first-order valence-electron chi connectivity index (χ1n) is 9.40. The Balaban J connectivity index is 2.21. The summed E-state index contributed by atoms with van der Waals surface area (Å²) < 4.78 is 10.9. The minimum Gasteiger partial charge on any atom is -0.497 e. The third-order valence-electron chi connectivity index (χ3n) is 5.03. The molecule has 1 aromatic carbocycles. The van der Waals surface area contributed by atoms with E-state index in [0.717, 1.165) is 57.3 Å². The van der Waals surface area contributed by atoms with Crippen molar-refractivity contribution in [3.63, 3.8) is 0 Å². The van der Waals surface area contributed by atoms with Crippen LogP contribution in [0.4, 0.5) is 0 Å². The first-order chi connectivity index (χ1) is 12.1. The molecule has 1 saturated heterocycles. The molecular formula is C20H33N3O2. The number of hydrogen-bond acceptors (Lipinski definition) is 3. The Morgan fingerprint density at radius 1 is 1.24 bits per heavy atom. The summed E-state index contributed by atoms with van der Waals surface area (Å²) >= 11 is 0. The highest BCUT2D eigenvalue weighted by atomic mass is 16.5. The van der Waals surface area contributed by atoms with Crippen molar-refractivity contribution in [1.29, 1.82) is 0 Å². The third kappa shape index (κ3) is 5.36. The zero-order valence-electron chi connectivity index (χ0n) is 16.1. The zero-order chi connectivity index (χ0) is 18.1. The molecule has 1 atom stereocenters. The van der Waals surface area contributed by atoms with E-state index in [-0.39, 0.29) is 5.41 Å². The molecule has 0 aliphatic carbocycles. The van der Waals surface area contributed by atoms with Gasteiger partial charge in [0.05, 0.1) is 13.7 Å². The number of benzene rings is 1. The Hall–Kier alpha value is -1.75. The van der Waals surface area contributed by atoms with Crippen LogP contribution in [0.15, 0.2) is 29.3 Å². The van der Waals surface area contributed by atoms with E-state index < -0.39 is 0 Å². The van der Waals surface area contributed by atoms with E-state index in [1.165, 1.54) is 5.56 Å². The van der Waals surface area contributed by atoms with Crippen molar-refractivity contribution in [3.8, 4) is 5.75 Å². The van der Waals surface area contributed by atoms with Gasteiger partial charge >= 0.3 is 0 Å². The van der Waals surface area contributed by atoms with Gasteiger partial charge in [0, 0.05) is 31.2 Å². The lowest BCUT2D eigenvalue weighted by molar-refractivity contribution is 0.0531. The molecule has 0 radical (unpaired) electrons. The Bertz CT molecular complexity index is 536. The minimum atomic E-state index is 0.0301. The van der Waals surface area contributed by atoms with Gasteiger partial charge in [0.25, 0.3) is 0 Å². The summed E-state index contributed by atoms with van der Waals surface area (Å²) in [7, 11) is 1.70. The molecule has 1 fully saturated rings. The summed E-state index contributed by atoms with van der Waals surface area (Å²) in [6, 6.07) is 8.84. The van der Waals surface area contributed by atoms with Crippen molar-refractivity contribution in [2.24, 2.45) is 4.99 Å². The van der Waals surface area contributed by atoms with Gasteiger partial charge in [-0.2, -0.15) is 0 Å². The van der Waals surface area contributed by atoms with Crippen LogP contribution in [0.5, 0.6) is 5.75 Å². The highest BCUT2D eigenvalue weighted by Crippen LogP contribution is 2.36.